The number of hydrogen-bond acceptors (Lipinski definition) is 8. The van der Waals surface area contributed by atoms with Gasteiger partial charge in [-0.2, -0.15) is 4.99 Å². The van der Waals surface area contributed by atoms with Gasteiger partial charge in [-0.05, 0) is 51.1 Å². The Kier molecular flexibility index (Phi) is 10.8. The van der Waals surface area contributed by atoms with E-state index in [2.05, 4.69) is 10.3 Å². The Morgan fingerprint density at radius 1 is 1.03 bits per heavy atom. The van der Waals surface area contributed by atoms with Crippen LogP contribution in [0.2, 0.25) is 0 Å². The highest BCUT2D eigenvalue weighted by Crippen LogP contribution is 2.35. The van der Waals surface area contributed by atoms with Gasteiger partial charge in [0.05, 0.1) is 26.4 Å². The molecule has 0 radical (unpaired) electrons. The molecule has 0 bridgehead atoms. The van der Waals surface area contributed by atoms with Gasteiger partial charge in [0.1, 0.15) is 18.3 Å². The van der Waals surface area contributed by atoms with E-state index in [1.165, 1.54) is 6.07 Å². The number of ether oxygens (including phenoxy) is 4. The summed E-state index contributed by atoms with van der Waals surface area (Å²) in [5, 5.41) is 12.0. The van der Waals surface area contributed by atoms with Crippen LogP contribution in [-0.2, 0) is 14.3 Å². The van der Waals surface area contributed by atoms with Crippen molar-refractivity contribution < 1.29 is 38.0 Å². The minimum Gasteiger partial charge on any atom is -0.490 e. The van der Waals surface area contributed by atoms with E-state index < -0.39 is 23.9 Å². The zero-order chi connectivity index (χ0) is 25.8. The molecule has 0 saturated carbocycles. The van der Waals surface area contributed by atoms with Gasteiger partial charge in [0, 0.05) is 22.9 Å². The first-order valence-electron chi connectivity index (χ1n) is 11.1. The lowest BCUT2D eigenvalue weighted by atomic mass is 10.0. The lowest BCUT2D eigenvalue weighted by molar-refractivity contribution is -0.144. The van der Waals surface area contributed by atoms with Gasteiger partial charge in [0.15, 0.2) is 17.5 Å². The molecule has 0 aromatic heterocycles. The average molecular weight is 492 g/mol. The number of aliphatic imine (C=N–C) groups is 1. The molecule has 2 aromatic rings. The van der Waals surface area contributed by atoms with E-state index in [0.29, 0.717) is 11.3 Å². The van der Waals surface area contributed by atoms with Gasteiger partial charge in [-0.1, -0.05) is 0 Å². The van der Waals surface area contributed by atoms with Crippen LogP contribution in [-0.4, -0.2) is 56.0 Å². The molecule has 0 aliphatic heterocycles. The van der Waals surface area contributed by atoms with Crippen molar-refractivity contribution in [2.45, 2.75) is 26.8 Å². The molecule has 4 N–H and O–H groups in total. The van der Waals surface area contributed by atoms with Crippen molar-refractivity contribution in [3.8, 4) is 11.5 Å². The Morgan fingerprint density at radius 2 is 1.69 bits per heavy atom. The number of halogens is 1. The van der Waals surface area contributed by atoms with Crippen molar-refractivity contribution in [2.24, 2.45) is 10.7 Å². The third-order valence-electron chi connectivity index (χ3n) is 4.52. The molecule has 10 nitrogen and oxygen atoms in total. The fourth-order valence-electron chi connectivity index (χ4n) is 3.02. The molecule has 0 spiro atoms. The second-order valence-electron chi connectivity index (χ2n) is 6.93. The van der Waals surface area contributed by atoms with Gasteiger partial charge in [-0.15, -0.1) is 0 Å². The van der Waals surface area contributed by atoms with Crippen molar-refractivity contribution >= 4 is 23.6 Å². The molecule has 0 unspecified atom stereocenters. The summed E-state index contributed by atoms with van der Waals surface area (Å²) in [6.45, 7) is 5.27. The number of benzene rings is 2. The number of rotatable bonds is 12. The van der Waals surface area contributed by atoms with E-state index in [0.717, 1.165) is 6.07 Å². The molecule has 0 aliphatic rings. The summed E-state index contributed by atoms with van der Waals surface area (Å²) in [4.78, 5) is 27.9. The number of aliphatic hydroxyl groups is 1. The zero-order valence-electron chi connectivity index (χ0n) is 19.9. The van der Waals surface area contributed by atoms with Crippen LogP contribution in [0.1, 0.15) is 37.9 Å². The van der Waals surface area contributed by atoms with Crippen molar-refractivity contribution in [1.29, 1.82) is 0 Å². The lowest BCUT2D eigenvalue weighted by Gasteiger charge is -2.21. The standard InChI is InChI=1S/C24H30FN3O7/c1-4-32-19-13-17(18(25)14-20(19)35-12-11-29)21(23(30)33-5-2)27-16-9-7-15(8-10-16)22(26)28-24(31)34-6-3/h7-10,13-14,21,27,29H,4-6,11-12H2,1-3H3,(H2,26,28,31)/t21-/m1/s1. The van der Waals surface area contributed by atoms with E-state index in [-0.39, 0.29) is 55.9 Å². The molecule has 1 amide bonds. The fraction of sp³-hybridized carbons (Fsp3) is 0.375. The third kappa shape index (κ3) is 7.85. The molecular formula is C24H30FN3O7. The molecule has 1 atom stereocenters. The Bertz CT molecular complexity index is 1030. The molecule has 190 valence electrons. The minimum atomic E-state index is -1.21. The van der Waals surface area contributed by atoms with Gasteiger partial charge in [-0.25, -0.2) is 14.0 Å². The Morgan fingerprint density at radius 3 is 2.29 bits per heavy atom. The van der Waals surface area contributed by atoms with E-state index in [1.807, 2.05) is 0 Å². The predicted octanol–water partition coefficient (Wildman–Crippen LogP) is 3.17. The van der Waals surface area contributed by atoms with Crippen molar-refractivity contribution in [2.75, 3.05) is 38.4 Å². The summed E-state index contributed by atoms with van der Waals surface area (Å²) in [7, 11) is 0. The number of carbonyl (C=O) groups excluding carboxylic acids is 2. The number of nitrogens with one attached hydrogen (secondary N) is 1. The maximum Gasteiger partial charge on any atom is 0.435 e. The predicted molar refractivity (Wildman–Crippen MR) is 127 cm³/mol. The highest BCUT2D eigenvalue weighted by molar-refractivity contribution is 6.03. The van der Waals surface area contributed by atoms with Crippen LogP contribution in [0.4, 0.5) is 14.9 Å². The summed E-state index contributed by atoms with van der Waals surface area (Å²) in [6, 6.07) is 7.59. The summed E-state index contributed by atoms with van der Waals surface area (Å²) in [5.74, 6) is -1.15. The maximum atomic E-state index is 15.1. The van der Waals surface area contributed by atoms with Crippen LogP contribution >= 0.6 is 0 Å². The van der Waals surface area contributed by atoms with Crippen molar-refractivity contribution in [1.82, 2.24) is 0 Å². The van der Waals surface area contributed by atoms with E-state index >= 15 is 4.39 Å². The summed E-state index contributed by atoms with van der Waals surface area (Å²) < 4.78 is 35.9. The molecule has 0 fully saturated rings. The third-order valence-corrected chi connectivity index (χ3v) is 4.52. The van der Waals surface area contributed by atoms with Crippen LogP contribution in [0.25, 0.3) is 0 Å². The number of aliphatic hydroxyl groups excluding tert-OH is 1. The number of amidine groups is 1. The molecule has 0 aliphatic carbocycles. The van der Waals surface area contributed by atoms with Gasteiger partial charge in [-0.3, -0.25) is 0 Å². The largest absolute Gasteiger partial charge is 0.490 e. The fourth-order valence-corrected chi connectivity index (χ4v) is 3.02. The Hall–Kier alpha value is -3.86. The van der Waals surface area contributed by atoms with Crippen LogP contribution in [0.15, 0.2) is 41.4 Å². The highest BCUT2D eigenvalue weighted by Gasteiger charge is 2.27. The van der Waals surface area contributed by atoms with E-state index in [1.54, 1.807) is 45.0 Å². The SMILES string of the molecule is CCOC(=O)/N=C(/N)c1ccc(N[C@@H](C(=O)OCC)c2cc(OCC)c(OCCO)cc2F)cc1. The normalized spacial score (nSPS) is 12.0. The maximum absolute atomic E-state index is 15.1. The highest BCUT2D eigenvalue weighted by atomic mass is 19.1. The monoisotopic (exact) mass is 491 g/mol. The minimum absolute atomic E-state index is 0.0179. The first-order valence-corrected chi connectivity index (χ1v) is 11.1. The molecule has 0 heterocycles. The van der Waals surface area contributed by atoms with E-state index in [4.69, 9.17) is 29.8 Å². The van der Waals surface area contributed by atoms with Gasteiger partial charge in [0.2, 0.25) is 0 Å². The summed E-state index contributed by atoms with van der Waals surface area (Å²) in [5.41, 5.74) is 6.72. The first-order chi connectivity index (χ1) is 16.8. The summed E-state index contributed by atoms with van der Waals surface area (Å²) in [6.07, 6.45) is -0.804. The first kappa shape index (κ1) is 27.4. The molecule has 11 heteroatoms. The number of nitrogens with two attached hydrogens (primary N) is 1. The smallest absolute Gasteiger partial charge is 0.435 e. The number of carbonyl (C=O) groups is 2. The van der Waals surface area contributed by atoms with Crippen LogP contribution in [0.5, 0.6) is 11.5 Å². The van der Waals surface area contributed by atoms with Gasteiger partial charge >= 0.3 is 12.1 Å². The number of esters is 1. The molecule has 35 heavy (non-hydrogen) atoms. The summed E-state index contributed by atoms with van der Waals surface area (Å²) >= 11 is 0. The van der Waals surface area contributed by atoms with Gasteiger partial charge < -0.3 is 35.1 Å². The second kappa shape index (κ2) is 13.8. The zero-order valence-corrected chi connectivity index (χ0v) is 19.9. The number of nitrogens with zero attached hydrogens (tertiary/aromatic N) is 1. The molecule has 0 saturated heterocycles. The molecule has 2 rings (SSSR count). The average Bonchev–Trinajstić information content (AvgIpc) is 2.83. The van der Waals surface area contributed by atoms with Crippen LogP contribution in [0, 0.1) is 5.82 Å². The lowest BCUT2D eigenvalue weighted by Crippen LogP contribution is -2.25. The van der Waals surface area contributed by atoms with Crippen molar-refractivity contribution in [3.05, 3.63) is 53.3 Å². The quantitative estimate of drug-likeness (QED) is 0.232. The van der Waals surface area contributed by atoms with Crippen LogP contribution in [0.3, 0.4) is 0 Å². The molecule has 2 aromatic carbocycles. The topological polar surface area (TPSA) is 142 Å². The Balaban J connectivity index is 2.37. The second-order valence-corrected chi connectivity index (χ2v) is 6.93. The van der Waals surface area contributed by atoms with E-state index in [9.17, 15) is 9.59 Å². The Labute approximate surface area is 202 Å². The van der Waals surface area contributed by atoms with Gasteiger partial charge in [0.25, 0.3) is 0 Å². The number of anilines is 1. The molecular weight excluding hydrogens is 461 g/mol. The van der Waals surface area contributed by atoms with Crippen molar-refractivity contribution in [3.63, 3.8) is 0 Å². The number of amides is 1. The number of hydrogen-bond donors (Lipinski definition) is 3. The van der Waals surface area contributed by atoms with Crippen LogP contribution < -0.4 is 20.5 Å².